The lowest BCUT2D eigenvalue weighted by Gasteiger charge is -2.50. The van der Waals surface area contributed by atoms with Gasteiger partial charge in [0.2, 0.25) is 5.92 Å². The quantitative estimate of drug-likeness (QED) is 0.242. The largest absolute Gasteiger partial charge is 0.463 e. The first-order valence-corrected chi connectivity index (χ1v) is 17.6. The van der Waals surface area contributed by atoms with Gasteiger partial charge in [0.15, 0.2) is 17.5 Å². The van der Waals surface area contributed by atoms with Crippen molar-refractivity contribution in [3.8, 4) is 23.3 Å². The van der Waals surface area contributed by atoms with Crippen LogP contribution in [0.4, 0.5) is 32.8 Å². The van der Waals surface area contributed by atoms with Crippen LogP contribution in [0.1, 0.15) is 44.1 Å². The maximum absolute atomic E-state index is 16.8. The van der Waals surface area contributed by atoms with Crippen molar-refractivity contribution in [2.24, 2.45) is 5.41 Å². The molecule has 5 aliphatic rings. The molecule has 4 aliphatic heterocycles. The number of hydrogen-bond donors (Lipinski definition) is 2. The van der Waals surface area contributed by atoms with E-state index in [9.17, 15) is 22.8 Å². The minimum Gasteiger partial charge on any atom is -0.463 e. The lowest BCUT2D eigenvalue weighted by Crippen LogP contribution is -2.59. The van der Waals surface area contributed by atoms with Gasteiger partial charge in [0.1, 0.15) is 28.1 Å². The molecule has 3 N–H and O–H groups in total. The Labute approximate surface area is 287 Å². The van der Waals surface area contributed by atoms with Gasteiger partial charge in [0.25, 0.3) is 0 Å². The molecule has 5 fully saturated rings. The number of anilines is 2. The zero-order valence-corrected chi connectivity index (χ0v) is 27.6. The number of halogens is 5. The predicted octanol–water partition coefficient (Wildman–Crippen LogP) is 5.38. The van der Waals surface area contributed by atoms with Crippen LogP contribution in [0.5, 0.6) is 6.01 Å². The number of nitrogens with one attached hydrogen (secondary N) is 1. The van der Waals surface area contributed by atoms with E-state index in [0.717, 1.165) is 31.7 Å². The van der Waals surface area contributed by atoms with Gasteiger partial charge in [-0.25, -0.2) is 22.0 Å². The van der Waals surface area contributed by atoms with Gasteiger partial charge in [-0.3, -0.25) is 9.88 Å². The number of aromatic nitrogens is 3. The highest BCUT2D eigenvalue weighted by molar-refractivity contribution is 7.23. The normalized spacial score (nSPS) is 26.8. The summed E-state index contributed by atoms with van der Waals surface area (Å²) < 4.78 is 87.3. The standard InChI is InChI=1S/C34H33F5N8O2S/c35-23-5-20(24-21(6-40)30(41)50-29(24)25(23)36)27-26(37)28-22(7-42-27)31(46-8-16-1-2-17(9-46)43-16)45-32(44-28)49-15-33(12-34(38,39)13-33)14-47-18-3-4-19(47)11-48-10-18/h5,7,16-19,43H,1-4,8-15,41H2. The van der Waals surface area contributed by atoms with E-state index in [-0.39, 0.29) is 92.4 Å². The second-order valence-electron chi connectivity index (χ2n) is 14.5. The van der Waals surface area contributed by atoms with Crippen molar-refractivity contribution < 1.29 is 31.4 Å². The summed E-state index contributed by atoms with van der Waals surface area (Å²) in [5.41, 5.74) is 4.31. The number of ether oxygens (including phenoxy) is 2. The number of morpholine rings is 1. The molecule has 3 aromatic heterocycles. The van der Waals surface area contributed by atoms with Crippen LogP contribution in [0.3, 0.4) is 0 Å². The number of hydrogen-bond acceptors (Lipinski definition) is 11. The molecule has 7 heterocycles. The van der Waals surface area contributed by atoms with Crippen LogP contribution in [-0.2, 0) is 4.74 Å². The van der Waals surface area contributed by atoms with Gasteiger partial charge in [-0.15, -0.1) is 11.3 Å². The Morgan fingerprint density at radius 3 is 2.46 bits per heavy atom. The number of nitrogens with two attached hydrogens (primary N) is 1. The molecule has 4 saturated heterocycles. The molecule has 1 aliphatic carbocycles. The summed E-state index contributed by atoms with van der Waals surface area (Å²) in [6.07, 6.45) is 4.54. The molecule has 4 unspecified atom stereocenters. The monoisotopic (exact) mass is 712 g/mol. The fourth-order valence-electron chi connectivity index (χ4n) is 8.89. The van der Waals surface area contributed by atoms with Crippen LogP contribution < -0.4 is 20.7 Å². The van der Waals surface area contributed by atoms with Gasteiger partial charge in [-0.1, -0.05) is 0 Å². The molecule has 1 saturated carbocycles. The zero-order chi connectivity index (χ0) is 34.5. The number of pyridine rings is 1. The fourth-order valence-corrected chi connectivity index (χ4v) is 9.87. The first-order valence-electron chi connectivity index (χ1n) is 16.8. The lowest BCUT2D eigenvalue weighted by molar-refractivity contribution is -0.188. The second-order valence-corrected chi connectivity index (χ2v) is 15.6. The summed E-state index contributed by atoms with van der Waals surface area (Å²) in [5, 5.41) is 13.6. The minimum atomic E-state index is -2.82. The average Bonchev–Trinajstić information content (AvgIpc) is 3.66. The maximum atomic E-state index is 16.8. The highest BCUT2D eigenvalue weighted by Crippen LogP contribution is 2.54. The number of nitrogen functional groups attached to an aromatic ring is 1. The molecule has 0 radical (unpaired) electrons. The van der Waals surface area contributed by atoms with Gasteiger partial charge in [-0.05, 0) is 31.7 Å². The summed E-state index contributed by atoms with van der Waals surface area (Å²) in [6.45, 7) is 2.64. The third-order valence-corrected chi connectivity index (χ3v) is 12.1. The van der Waals surface area contributed by atoms with Gasteiger partial charge >= 0.3 is 6.01 Å². The third kappa shape index (κ3) is 5.15. The topological polar surface area (TPSA) is 125 Å². The molecule has 50 heavy (non-hydrogen) atoms. The number of piperazine rings is 1. The molecule has 1 aromatic carbocycles. The SMILES string of the molecule is N#Cc1c(N)sc2c(F)c(F)cc(-c3ncc4c(N5CC6CCC(C5)N6)nc(OCC5(CN6C7CCC6COC7)CC(F)(F)C5)nc4c3F)c12. The van der Waals surface area contributed by atoms with Crippen molar-refractivity contribution in [2.75, 3.05) is 50.1 Å². The molecule has 262 valence electrons. The van der Waals surface area contributed by atoms with Crippen LogP contribution in [0.2, 0.25) is 0 Å². The van der Waals surface area contributed by atoms with E-state index in [0.29, 0.717) is 50.0 Å². The fraction of sp³-hybridized carbons (Fsp3) is 0.529. The smallest absolute Gasteiger partial charge is 0.319 e. The lowest BCUT2D eigenvalue weighted by atomic mass is 9.66. The van der Waals surface area contributed by atoms with Gasteiger partial charge < -0.3 is 25.4 Å². The van der Waals surface area contributed by atoms with Crippen molar-refractivity contribution in [3.05, 3.63) is 35.3 Å². The Morgan fingerprint density at radius 1 is 1.06 bits per heavy atom. The van der Waals surface area contributed by atoms with E-state index in [1.807, 2.05) is 11.0 Å². The average molecular weight is 713 g/mol. The van der Waals surface area contributed by atoms with E-state index < -0.39 is 28.8 Å². The number of nitriles is 1. The van der Waals surface area contributed by atoms with E-state index in [4.69, 9.17) is 20.2 Å². The highest BCUT2D eigenvalue weighted by Gasteiger charge is 2.59. The molecule has 16 heteroatoms. The van der Waals surface area contributed by atoms with Crippen molar-refractivity contribution in [3.63, 3.8) is 0 Å². The van der Waals surface area contributed by atoms with Crippen molar-refractivity contribution in [1.29, 1.82) is 5.26 Å². The van der Waals surface area contributed by atoms with Gasteiger partial charge in [0.05, 0.1) is 35.5 Å². The number of alkyl halides is 2. The number of rotatable bonds is 7. The number of thiophene rings is 1. The van der Waals surface area contributed by atoms with E-state index >= 15 is 4.39 Å². The summed E-state index contributed by atoms with van der Waals surface area (Å²) in [4.78, 5) is 17.8. The summed E-state index contributed by atoms with van der Waals surface area (Å²) in [7, 11) is 0. The summed E-state index contributed by atoms with van der Waals surface area (Å²) in [6, 6.07) is 3.29. The Morgan fingerprint density at radius 2 is 1.78 bits per heavy atom. The van der Waals surface area contributed by atoms with Crippen molar-refractivity contribution in [2.45, 2.75) is 68.6 Å². The summed E-state index contributed by atoms with van der Waals surface area (Å²) in [5.74, 6) is -5.84. The zero-order valence-electron chi connectivity index (χ0n) is 26.8. The van der Waals surface area contributed by atoms with Crippen LogP contribution in [-0.4, -0.2) is 89.4 Å². The molecule has 0 spiro atoms. The predicted molar refractivity (Wildman–Crippen MR) is 176 cm³/mol. The van der Waals surface area contributed by atoms with Gasteiger partial charge in [0, 0.05) is 79.2 Å². The second kappa shape index (κ2) is 11.6. The Kier molecular flexibility index (Phi) is 7.40. The minimum absolute atomic E-state index is 0.0383. The molecular formula is C34H33F5N8O2S. The third-order valence-electron chi connectivity index (χ3n) is 11.1. The Hall–Kier alpha value is -3.91. The maximum Gasteiger partial charge on any atom is 0.319 e. The molecule has 0 amide bonds. The summed E-state index contributed by atoms with van der Waals surface area (Å²) >= 11 is 0.693. The van der Waals surface area contributed by atoms with Crippen LogP contribution in [0.15, 0.2) is 12.3 Å². The van der Waals surface area contributed by atoms with Crippen LogP contribution >= 0.6 is 11.3 Å². The van der Waals surface area contributed by atoms with Crippen LogP contribution in [0.25, 0.3) is 32.2 Å². The first-order chi connectivity index (χ1) is 24.0. The van der Waals surface area contributed by atoms with E-state index in [2.05, 4.69) is 20.2 Å². The Bertz CT molecular complexity index is 2050. The molecule has 4 bridgehead atoms. The first kappa shape index (κ1) is 32.0. The van der Waals surface area contributed by atoms with E-state index in [1.165, 1.54) is 6.20 Å². The van der Waals surface area contributed by atoms with Gasteiger partial charge in [-0.2, -0.15) is 15.2 Å². The van der Waals surface area contributed by atoms with Crippen LogP contribution in [0, 0.1) is 34.2 Å². The van der Waals surface area contributed by atoms with Crippen molar-refractivity contribution >= 4 is 43.1 Å². The molecule has 4 aromatic rings. The van der Waals surface area contributed by atoms with Crippen molar-refractivity contribution in [1.82, 2.24) is 25.2 Å². The number of nitrogens with zero attached hydrogens (tertiary/aromatic N) is 6. The number of benzene rings is 1. The van der Waals surface area contributed by atoms with E-state index in [1.54, 1.807) is 0 Å². The molecule has 9 rings (SSSR count). The highest BCUT2D eigenvalue weighted by atomic mass is 32.1. The molecule has 10 nitrogen and oxygen atoms in total. The molecule has 4 atom stereocenters. The number of fused-ring (bicyclic) bond motifs is 6. The Balaban J connectivity index is 1.13. The molecular weight excluding hydrogens is 679 g/mol.